The van der Waals surface area contributed by atoms with E-state index in [1.165, 1.54) is 6.07 Å². The second kappa shape index (κ2) is 5.37. The number of rotatable bonds is 3. The number of Topliss-reactive ketones (excluding diaryl/α,β-unsaturated/α-hetero) is 1. The van der Waals surface area contributed by atoms with Crippen LogP contribution in [0.25, 0.3) is 11.0 Å². The monoisotopic (exact) mass is 350 g/mol. The molecule has 0 bridgehead atoms. The predicted molar refractivity (Wildman–Crippen MR) is 78.2 cm³/mol. The highest BCUT2D eigenvalue weighted by Crippen LogP contribution is 2.22. The van der Waals surface area contributed by atoms with E-state index in [-0.39, 0.29) is 12.2 Å². The number of hydrogen-bond donors (Lipinski definition) is 1. The van der Waals surface area contributed by atoms with Crippen LogP contribution in [-0.2, 0) is 6.42 Å². The molecule has 3 rings (SSSR count). The number of aromatic amines is 1. The van der Waals surface area contributed by atoms with Gasteiger partial charge in [0.25, 0.3) is 0 Å². The highest BCUT2D eigenvalue weighted by molar-refractivity contribution is 9.10. The first-order valence-corrected chi connectivity index (χ1v) is 6.93. The van der Waals surface area contributed by atoms with Crippen molar-refractivity contribution in [3.05, 3.63) is 63.9 Å². The third kappa shape index (κ3) is 2.71. The van der Waals surface area contributed by atoms with E-state index >= 15 is 0 Å². The van der Waals surface area contributed by atoms with Crippen LogP contribution in [0.3, 0.4) is 0 Å². The normalized spacial score (nSPS) is 11.0. The van der Waals surface area contributed by atoms with E-state index in [1.807, 2.05) is 0 Å². The average molecular weight is 351 g/mol. The maximum absolute atomic E-state index is 13.2. The zero-order chi connectivity index (χ0) is 15.0. The van der Waals surface area contributed by atoms with Gasteiger partial charge in [-0.1, -0.05) is 6.07 Å². The fourth-order valence-electron chi connectivity index (χ4n) is 2.14. The van der Waals surface area contributed by atoms with Gasteiger partial charge in [-0.3, -0.25) is 4.79 Å². The van der Waals surface area contributed by atoms with Crippen LogP contribution in [0.5, 0.6) is 0 Å². The van der Waals surface area contributed by atoms with E-state index in [9.17, 15) is 13.6 Å². The summed E-state index contributed by atoms with van der Waals surface area (Å²) in [7, 11) is 0. The van der Waals surface area contributed by atoms with E-state index in [4.69, 9.17) is 0 Å². The Morgan fingerprint density at radius 2 is 2.05 bits per heavy atom. The summed E-state index contributed by atoms with van der Waals surface area (Å²) in [6.45, 7) is 0. The van der Waals surface area contributed by atoms with Gasteiger partial charge in [-0.05, 0) is 39.7 Å². The van der Waals surface area contributed by atoms with Gasteiger partial charge in [0.05, 0.1) is 0 Å². The molecule has 6 heteroatoms. The summed E-state index contributed by atoms with van der Waals surface area (Å²) in [5.74, 6) is -2.07. The number of nitrogens with one attached hydrogen (secondary N) is 1. The molecule has 3 nitrogen and oxygen atoms in total. The van der Waals surface area contributed by atoms with Crippen LogP contribution in [0.15, 0.2) is 41.1 Å². The molecule has 0 saturated carbocycles. The van der Waals surface area contributed by atoms with Crippen LogP contribution in [-0.4, -0.2) is 15.8 Å². The van der Waals surface area contributed by atoms with Crippen molar-refractivity contribution in [3.8, 4) is 0 Å². The first-order chi connectivity index (χ1) is 10.0. The lowest BCUT2D eigenvalue weighted by Crippen LogP contribution is -2.03. The number of hydrogen-bond acceptors (Lipinski definition) is 2. The van der Waals surface area contributed by atoms with Crippen LogP contribution in [0, 0.1) is 11.6 Å². The third-order valence-electron chi connectivity index (χ3n) is 3.15. The minimum atomic E-state index is -0.955. The van der Waals surface area contributed by atoms with Crippen molar-refractivity contribution in [3.63, 3.8) is 0 Å². The molecule has 0 amide bonds. The molecule has 106 valence electrons. The van der Waals surface area contributed by atoms with Crippen molar-refractivity contribution in [2.45, 2.75) is 6.42 Å². The average Bonchev–Trinajstić information content (AvgIpc) is 2.86. The summed E-state index contributed by atoms with van der Waals surface area (Å²) in [6.07, 6.45) is 3.20. The van der Waals surface area contributed by atoms with Crippen LogP contribution in [0.1, 0.15) is 15.9 Å². The topological polar surface area (TPSA) is 45.8 Å². The zero-order valence-corrected chi connectivity index (χ0v) is 12.2. The summed E-state index contributed by atoms with van der Waals surface area (Å²) in [5.41, 5.74) is 1.51. The number of halogens is 3. The summed E-state index contributed by atoms with van der Waals surface area (Å²) < 4.78 is 26.8. The third-order valence-corrected chi connectivity index (χ3v) is 3.58. The van der Waals surface area contributed by atoms with Gasteiger partial charge in [0.15, 0.2) is 17.4 Å². The largest absolute Gasteiger partial charge is 0.345 e. The number of fused-ring (bicyclic) bond motifs is 1. The summed E-state index contributed by atoms with van der Waals surface area (Å²) >= 11 is 3.31. The predicted octanol–water partition coefficient (Wildman–Crippen LogP) is 4.03. The SMILES string of the molecule is O=C(Cc1ccc(F)c(F)c1)c1c[nH]c2ncc(Br)cc12. The molecule has 0 aliphatic rings. The first kappa shape index (κ1) is 13.9. The molecule has 0 atom stereocenters. The van der Waals surface area contributed by atoms with E-state index in [0.717, 1.165) is 16.6 Å². The molecule has 0 radical (unpaired) electrons. The lowest BCUT2D eigenvalue weighted by atomic mass is 10.0. The van der Waals surface area contributed by atoms with E-state index in [0.29, 0.717) is 22.2 Å². The zero-order valence-electron chi connectivity index (χ0n) is 10.7. The Hall–Kier alpha value is -2.08. The molecule has 2 aromatic heterocycles. The molecule has 0 aliphatic carbocycles. The van der Waals surface area contributed by atoms with Crippen molar-refractivity contribution in [2.75, 3.05) is 0 Å². The van der Waals surface area contributed by atoms with Gasteiger partial charge in [0.1, 0.15) is 5.65 Å². The minimum absolute atomic E-state index is 0.00331. The molecule has 0 aliphatic heterocycles. The summed E-state index contributed by atoms with van der Waals surface area (Å²) in [4.78, 5) is 19.4. The van der Waals surface area contributed by atoms with Crippen molar-refractivity contribution in [1.82, 2.24) is 9.97 Å². The molecule has 3 aromatic rings. The van der Waals surface area contributed by atoms with E-state index < -0.39 is 11.6 Å². The van der Waals surface area contributed by atoms with Gasteiger partial charge in [0.2, 0.25) is 0 Å². The Kier molecular flexibility index (Phi) is 3.55. The number of pyridine rings is 1. The number of nitrogens with zero attached hydrogens (tertiary/aromatic N) is 1. The quantitative estimate of drug-likeness (QED) is 0.725. The molecule has 21 heavy (non-hydrogen) atoms. The van der Waals surface area contributed by atoms with Gasteiger partial charge in [-0.15, -0.1) is 0 Å². The Morgan fingerprint density at radius 3 is 2.81 bits per heavy atom. The van der Waals surface area contributed by atoms with Crippen LogP contribution in [0.2, 0.25) is 0 Å². The molecule has 0 saturated heterocycles. The molecular formula is C15H9BrF2N2O. The molecule has 0 fully saturated rings. The standard InChI is InChI=1S/C15H9BrF2N2O/c16-9-5-10-11(7-20-15(10)19-6-9)14(21)4-8-1-2-12(17)13(18)3-8/h1-3,5-7H,4H2,(H,19,20). The molecule has 0 spiro atoms. The highest BCUT2D eigenvalue weighted by atomic mass is 79.9. The van der Waals surface area contributed by atoms with Crippen LogP contribution >= 0.6 is 15.9 Å². The molecule has 1 N–H and O–H groups in total. The van der Waals surface area contributed by atoms with Gasteiger partial charge in [-0.2, -0.15) is 0 Å². The molecule has 1 aromatic carbocycles. The van der Waals surface area contributed by atoms with Crippen molar-refractivity contribution in [1.29, 1.82) is 0 Å². The number of carbonyl (C=O) groups is 1. The second-order valence-corrected chi connectivity index (χ2v) is 5.52. The summed E-state index contributed by atoms with van der Waals surface area (Å²) in [6, 6.07) is 5.25. The van der Waals surface area contributed by atoms with Crippen LogP contribution < -0.4 is 0 Å². The molecule has 0 unspecified atom stereocenters. The van der Waals surface area contributed by atoms with E-state index in [2.05, 4.69) is 25.9 Å². The Morgan fingerprint density at radius 1 is 1.24 bits per heavy atom. The molecule has 2 heterocycles. The molecular weight excluding hydrogens is 342 g/mol. The minimum Gasteiger partial charge on any atom is -0.345 e. The first-order valence-electron chi connectivity index (χ1n) is 6.14. The number of aromatic nitrogens is 2. The maximum Gasteiger partial charge on any atom is 0.169 e. The highest BCUT2D eigenvalue weighted by Gasteiger charge is 2.14. The lowest BCUT2D eigenvalue weighted by molar-refractivity contribution is 0.0994. The van der Waals surface area contributed by atoms with Gasteiger partial charge < -0.3 is 4.98 Å². The lowest BCUT2D eigenvalue weighted by Gasteiger charge is -2.02. The second-order valence-electron chi connectivity index (χ2n) is 4.60. The van der Waals surface area contributed by atoms with Gasteiger partial charge in [0, 0.05) is 34.2 Å². The van der Waals surface area contributed by atoms with Crippen molar-refractivity contribution in [2.24, 2.45) is 0 Å². The van der Waals surface area contributed by atoms with Crippen molar-refractivity contribution >= 4 is 32.7 Å². The van der Waals surface area contributed by atoms with Crippen molar-refractivity contribution < 1.29 is 13.6 Å². The smallest absolute Gasteiger partial charge is 0.169 e. The number of carbonyl (C=O) groups excluding carboxylic acids is 1. The fourth-order valence-corrected chi connectivity index (χ4v) is 2.47. The Bertz CT molecular complexity index is 845. The maximum atomic E-state index is 13.2. The number of H-pyrrole nitrogens is 1. The summed E-state index contributed by atoms with van der Waals surface area (Å²) in [5, 5.41) is 0.692. The number of ketones is 1. The Balaban J connectivity index is 1.93. The van der Waals surface area contributed by atoms with E-state index in [1.54, 1.807) is 18.5 Å². The van der Waals surface area contributed by atoms with Gasteiger partial charge in [-0.25, -0.2) is 13.8 Å². The van der Waals surface area contributed by atoms with Gasteiger partial charge >= 0.3 is 0 Å². The fraction of sp³-hybridized carbons (Fsp3) is 0.0667. The van der Waals surface area contributed by atoms with Crippen LogP contribution in [0.4, 0.5) is 8.78 Å². The number of benzene rings is 1. The Labute approximate surface area is 127 Å².